The van der Waals surface area contributed by atoms with E-state index in [1.807, 2.05) is 37.4 Å². The van der Waals surface area contributed by atoms with E-state index in [9.17, 15) is 0 Å². The first-order chi connectivity index (χ1) is 9.78. The van der Waals surface area contributed by atoms with Crippen LogP contribution in [0.3, 0.4) is 0 Å². The van der Waals surface area contributed by atoms with E-state index in [2.05, 4.69) is 15.6 Å². The second-order valence-corrected chi connectivity index (χ2v) is 4.82. The highest BCUT2D eigenvalue weighted by molar-refractivity contribution is 5.77. The van der Waals surface area contributed by atoms with Gasteiger partial charge < -0.3 is 8.98 Å². The molecule has 0 spiro atoms. The number of imidazole rings is 1. The first kappa shape index (κ1) is 12.5. The van der Waals surface area contributed by atoms with Crippen molar-refractivity contribution in [2.24, 2.45) is 7.05 Å². The van der Waals surface area contributed by atoms with Gasteiger partial charge in [-0.2, -0.15) is 5.26 Å². The number of aryl methyl sites for hydroxylation is 3. The van der Waals surface area contributed by atoms with Gasteiger partial charge in [-0.3, -0.25) is 0 Å². The third-order valence-corrected chi connectivity index (χ3v) is 3.50. The Balaban J connectivity index is 1.88. The fourth-order valence-electron chi connectivity index (χ4n) is 2.40. The Labute approximate surface area is 117 Å². The number of furan rings is 1. The minimum Gasteiger partial charge on any atom is -0.469 e. The smallest absolute Gasteiger partial charge is 0.110 e. The number of fused-ring (bicyclic) bond motifs is 1. The summed E-state index contributed by atoms with van der Waals surface area (Å²) in [6.07, 6.45) is 3.81. The molecule has 0 saturated heterocycles. The number of nitriles is 1. The van der Waals surface area contributed by atoms with Gasteiger partial charge in [0.05, 0.1) is 29.8 Å². The van der Waals surface area contributed by atoms with E-state index >= 15 is 0 Å². The maximum absolute atomic E-state index is 8.77. The average molecular weight is 265 g/mol. The van der Waals surface area contributed by atoms with Crippen LogP contribution in [0.15, 0.2) is 41.0 Å². The Kier molecular flexibility index (Phi) is 3.26. The Bertz CT molecular complexity index is 763. The van der Waals surface area contributed by atoms with Crippen molar-refractivity contribution in [2.45, 2.75) is 19.3 Å². The molecule has 0 aliphatic carbocycles. The van der Waals surface area contributed by atoms with Crippen LogP contribution in [0.2, 0.25) is 0 Å². The van der Waals surface area contributed by atoms with Crippen molar-refractivity contribution in [2.75, 3.05) is 0 Å². The van der Waals surface area contributed by atoms with E-state index in [0.717, 1.165) is 41.0 Å². The number of nitrogens with zero attached hydrogens (tertiary/aromatic N) is 3. The lowest BCUT2D eigenvalue weighted by Gasteiger charge is -2.01. The van der Waals surface area contributed by atoms with E-state index in [-0.39, 0.29) is 0 Å². The summed E-state index contributed by atoms with van der Waals surface area (Å²) in [5.41, 5.74) is 3.08. The minimum absolute atomic E-state index is 0.433. The van der Waals surface area contributed by atoms with Gasteiger partial charge in [0.15, 0.2) is 0 Å². The van der Waals surface area contributed by atoms with Crippen LogP contribution in [0, 0.1) is 11.3 Å². The highest BCUT2D eigenvalue weighted by atomic mass is 16.3. The van der Waals surface area contributed by atoms with Gasteiger partial charge in [-0.1, -0.05) is 6.07 Å². The highest BCUT2D eigenvalue weighted by Crippen LogP contribution is 2.18. The van der Waals surface area contributed by atoms with Crippen LogP contribution in [0.1, 0.15) is 17.1 Å². The van der Waals surface area contributed by atoms with Gasteiger partial charge >= 0.3 is 0 Å². The number of aromatic nitrogens is 2. The Morgan fingerprint density at radius 2 is 2.20 bits per heavy atom. The molecule has 4 nitrogen and oxygen atoms in total. The summed E-state index contributed by atoms with van der Waals surface area (Å²) in [5.74, 6) is 2.01. The Hall–Kier alpha value is -2.54. The van der Waals surface area contributed by atoms with Crippen molar-refractivity contribution in [3.8, 4) is 6.07 Å². The summed E-state index contributed by atoms with van der Waals surface area (Å²) in [6.45, 7) is 0. The fourth-order valence-corrected chi connectivity index (χ4v) is 2.40. The van der Waals surface area contributed by atoms with Crippen LogP contribution in [0.25, 0.3) is 11.0 Å². The van der Waals surface area contributed by atoms with Crippen molar-refractivity contribution in [3.63, 3.8) is 0 Å². The molecule has 2 heterocycles. The van der Waals surface area contributed by atoms with Crippen LogP contribution >= 0.6 is 0 Å². The van der Waals surface area contributed by atoms with Crippen molar-refractivity contribution in [1.82, 2.24) is 9.55 Å². The number of hydrogen-bond acceptors (Lipinski definition) is 3. The number of hydrogen-bond donors (Lipinski definition) is 0. The maximum atomic E-state index is 8.77. The fraction of sp³-hybridized carbons (Fsp3) is 0.250. The number of benzene rings is 1. The summed E-state index contributed by atoms with van der Waals surface area (Å²) in [4.78, 5) is 4.65. The standard InChI is InChI=1S/C16H15N3O/c1-19-15-11-12(8-9-17)4-6-14(15)18-16(19)7-5-13-3-2-10-20-13/h2-4,6,10-11H,5,7-8H2,1H3. The van der Waals surface area contributed by atoms with Gasteiger partial charge in [0.25, 0.3) is 0 Å². The maximum Gasteiger partial charge on any atom is 0.110 e. The third kappa shape index (κ3) is 2.30. The van der Waals surface area contributed by atoms with E-state index in [0.29, 0.717) is 6.42 Å². The van der Waals surface area contributed by atoms with Crippen LogP contribution < -0.4 is 0 Å². The predicted molar refractivity (Wildman–Crippen MR) is 76.1 cm³/mol. The lowest BCUT2D eigenvalue weighted by molar-refractivity contribution is 0.505. The summed E-state index contributed by atoms with van der Waals surface area (Å²) in [7, 11) is 2.02. The molecule has 3 rings (SSSR count). The highest BCUT2D eigenvalue weighted by Gasteiger charge is 2.09. The van der Waals surface area contributed by atoms with E-state index < -0.39 is 0 Å². The number of rotatable bonds is 4. The van der Waals surface area contributed by atoms with Gasteiger partial charge in [-0.25, -0.2) is 4.98 Å². The molecule has 0 saturated carbocycles. The lowest BCUT2D eigenvalue weighted by atomic mass is 10.1. The zero-order valence-corrected chi connectivity index (χ0v) is 11.3. The molecule has 100 valence electrons. The molecule has 1 aromatic carbocycles. The van der Waals surface area contributed by atoms with Gasteiger partial charge in [-0.15, -0.1) is 0 Å². The first-order valence-corrected chi connectivity index (χ1v) is 6.61. The minimum atomic E-state index is 0.433. The monoisotopic (exact) mass is 265 g/mol. The van der Waals surface area contributed by atoms with Gasteiger partial charge in [0.2, 0.25) is 0 Å². The van der Waals surface area contributed by atoms with Gasteiger partial charge in [0.1, 0.15) is 11.6 Å². The third-order valence-electron chi connectivity index (χ3n) is 3.50. The van der Waals surface area contributed by atoms with Crippen LogP contribution in [0.5, 0.6) is 0 Å². The lowest BCUT2D eigenvalue weighted by Crippen LogP contribution is -2.00. The quantitative estimate of drug-likeness (QED) is 0.728. The molecule has 0 N–H and O–H groups in total. The normalized spacial score (nSPS) is 10.8. The molecule has 2 aromatic heterocycles. The topological polar surface area (TPSA) is 54.8 Å². The van der Waals surface area contributed by atoms with Gasteiger partial charge in [0, 0.05) is 19.9 Å². The van der Waals surface area contributed by atoms with Crippen molar-refractivity contribution in [1.29, 1.82) is 5.26 Å². The molecule has 20 heavy (non-hydrogen) atoms. The van der Waals surface area contributed by atoms with E-state index in [1.165, 1.54) is 0 Å². The van der Waals surface area contributed by atoms with Crippen LogP contribution in [-0.2, 0) is 26.3 Å². The van der Waals surface area contributed by atoms with Crippen molar-refractivity contribution < 1.29 is 4.42 Å². The molecule has 0 unspecified atom stereocenters. The second-order valence-electron chi connectivity index (χ2n) is 4.82. The van der Waals surface area contributed by atoms with Gasteiger partial charge in [-0.05, 0) is 29.8 Å². The molecule has 0 bridgehead atoms. The molecule has 0 amide bonds. The zero-order chi connectivity index (χ0) is 13.9. The van der Waals surface area contributed by atoms with E-state index in [1.54, 1.807) is 6.26 Å². The van der Waals surface area contributed by atoms with Crippen LogP contribution in [0.4, 0.5) is 0 Å². The van der Waals surface area contributed by atoms with Crippen molar-refractivity contribution >= 4 is 11.0 Å². The van der Waals surface area contributed by atoms with E-state index in [4.69, 9.17) is 9.68 Å². The summed E-state index contributed by atoms with van der Waals surface area (Å²) >= 11 is 0. The Morgan fingerprint density at radius 1 is 1.30 bits per heavy atom. The molecule has 3 aromatic rings. The first-order valence-electron chi connectivity index (χ1n) is 6.61. The van der Waals surface area contributed by atoms with Crippen molar-refractivity contribution in [3.05, 3.63) is 53.7 Å². The predicted octanol–water partition coefficient (Wildman–Crippen LogP) is 3.02. The Morgan fingerprint density at radius 3 is 2.95 bits per heavy atom. The largest absolute Gasteiger partial charge is 0.469 e. The molecule has 0 fully saturated rings. The molecule has 0 atom stereocenters. The molecule has 4 heteroatoms. The molecule has 0 radical (unpaired) electrons. The van der Waals surface area contributed by atoms with Crippen LogP contribution in [-0.4, -0.2) is 9.55 Å². The summed E-state index contributed by atoms with van der Waals surface area (Å²) in [6, 6.07) is 12.1. The summed E-state index contributed by atoms with van der Waals surface area (Å²) in [5, 5.41) is 8.77. The molecule has 0 aliphatic heterocycles. The SMILES string of the molecule is Cn1c(CCc2ccco2)nc2ccc(CC#N)cc21. The zero-order valence-electron chi connectivity index (χ0n) is 11.3. The molecular weight excluding hydrogens is 250 g/mol. The molecular formula is C16H15N3O. The average Bonchev–Trinajstić information content (AvgIpc) is 3.06. The second kappa shape index (κ2) is 5.22. The molecule has 0 aliphatic rings. The summed E-state index contributed by atoms with van der Waals surface area (Å²) < 4.78 is 7.44.